The van der Waals surface area contributed by atoms with Crippen molar-refractivity contribution in [3.05, 3.63) is 28.7 Å². The van der Waals surface area contributed by atoms with Gasteiger partial charge in [0.15, 0.2) is 6.04 Å². The highest BCUT2D eigenvalue weighted by Crippen LogP contribution is 2.17. The number of aliphatic carboxylic acids is 1. The predicted octanol–water partition coefficient (Wildman–Crippen LogP) is 1.08. The van der Waals surface area contributed by atoms with E-state index in [0.29, 0.717) is 5.69 Å². The smallest absolute Gasteiger partial charge is 0.330 e. The first kappa shape index (κ1) is 13.7. The molecule has 1 rings (SSSR count). The molecule has 1 unspecified atom stereocenters. The fourth-order valence-electron chi connectivity index (χ4n) is 1.34. The van der Waals surface area contributed by atoms with Gasteiger partial charge in [-0.2, -0.15) is 0 Å². The van der Waals surface area contributed by atoms with Crippen LogP contribution in [0.3, 0.4) is 0 Å². The van der Waals surface area contributed by atoms with Crippen LogP contribution in [0, 0.1) is 0 Å². The summed E-state index contributed by atoms with van der Waals surface area (Å²) in [7, 11) is 2.98. The van der Waals surface area contributed by atoms with Crippen molar-refractivity contribution in [1.82, 2.24) is 5.32 Å². The van der Waals surface area contributed by atoms with E-state index in [-0.39, 0.29) is 0 Å². The first-order valence-electron chi connectivity index (χ1n) is 4.90. The van der Waals surface area contributed by atoms with Gasteiger partial charge in [-0.05, 0) is 31.3 Å². The van der Waals surface area contributed by atoms with Gasteiger partial charge in [-0.25, -0.2) is 4.79 Å². The number of nitrogens with zero attached hydrogens (tertiary/aromatic N) is 1. The molecule has 0 fully saturated rings. The Bertz CT molecular complexity index is 419. The summed E-state index contributed by atoms with van der Waals surface area (Å²) >= 11 is 3.29. The number of benzene rings is 1. The molecule has 0 saturated carbocycles. The van der Waals surface area contributed by atoms with Gasteiger partial charge in [0, 0.05) is 17.2 Å². The molecular formula is C11H13BrN2O3. The Morgan fingerprint density at radius 1 is 1.35 bits per heavy atom. The van der Waals surface area contributed by atoms with Crippen LogP contribution in [0.2, 0.25) is 0 Å². The highest BCUT2D eigenvalue weighted by molar-refractivity contribution is 9.10. The summed E-state index contributed by atoms with van der Waals surface area (Å²) in [6.07, 6.45) is 0. The number of hydrogen-bond donors (Lipinski definition) is 2. The molecular weight excluding hydrogens is 288 g/mol. The molecule has 92 valence electrons. The van der Waals surface area contributed by atoms with E-state index in [1.807, 2.05) is 0 Å². The Balaban J connectivity index is 2.89. The lowest BCUT2D eigenvalue weighted by molar-refractivity contribution is -0.143. The van der Waals surface area contributed by atoms with Crippen LogP contribution in [0.5, 0.6) is 0 Å². The summed E-state index contributed by atoms with van der Waals surface area (Å²) in [5.41, 5.74) is 0.639. The molecule has 0 aliphatic carbocycles. The van der Waals surface area contributed by atoms with E-state index in [1.165, 1.54) is 11.9 Å². The van der Waals surface area contributed by atoms with Crippen LogP contribution in [0.4, 0.5) is 5.69 Å². The second kappa shape index (κ2) is 5.79. The number of anilines is 1. The Hall–Kier alpha value is -1.40. The van der Waals surface area contributed by atoms with E-state index in [4.69, 9.17) is 5.11 Å². The molecule has 0 radical (unpaired) electrons. The van der Waals surface area contributed by atoms with Gasteiger partial charge in [-0.15, -0.1) is 0 Å². The Morgan fingerprint density at radius 3 is 2.29 bits per heavy atom. The van der Waals surface area contributed by atoms with Gasteiger partial charge in [0.2, 0.25) is 0 Å². The minimum atomic E-state index is -1.23. The van der Waals surface area contributed by atoms with E-state index >= 15 is 0 Å². The molecule has 1 atom stereocenters. The van der Waals surface area contributed by atoms with Crippen molar-refractivity contribution in [1.29, 1.82) is 0 Å². The highest BCUT2D eigenvalue weighted by atomic mass is 79.9. The molecule has 1 aromatic rings. The zero-order chi connectivity index (χ0) is 13.0. The van der Waals surface area contributed by atoms with E-state index in [0.717, 1.165) is 4.47 Å². The molecule has 0 saturated heterocycles. The summed E-state index contributed by atoms with van der Waals surface area (Å²) in [6, 6.07) is 5.80. The van der Waals surface area contributed by atoms with E-state index in [9.17, 15) is 9.59 Å². The van der Waals surface area contributed by atoms with E-state index in [2.05, 4.69) is 21.2 Å². The molecule has 17 heavy (non-hydrogen) atoms. The number of hydrogen-bond acceptors (Lipinski definition) is 3. The lowest BCUT2D eigenvalue weighted by Crippen LogP contribution is -2.48. The molecule has 0 aliphatic rings. The lowest BCUT2D eigenvalue weighted by Gasteiger charge is -2.21. The van der Waals surface area contributed by atoms with Crippen molar-refractivity contribution >= 4 is 33.5 Å². The van der Waals surface area contributed by atoms with E-state index < -0.39 is 17.9 Å². The first-order valence-corrected chi connectivity index (χ1v) is 5.70. The molecule has 0 heterocycles. The number of amides is 1. The fourth-order valence-corrected chi connectivity index (χ4v) is 1.60. The van der Waals surface area contributed by atoms with E-state index in [1.54, 1.807) is 31.3 Å². The van der Waals surface area contributed by atoms with Crippen molar-refractivity contribution < 1.29 is 14.7 Å². The molecule has 5 nitrogen and oxygen atoms in total. The third-order valence-electron chi connectivity index (χ3n) is 2.33. The van der Waals surface area contributed by atoms with Crippen molar-refractivity contribution in [2.45, 2.75) is 6.04 Å². The van der Waals surface area contributed by atoms with Crippen LogP contribution in [0.1, 0.15) is 0 Å². The maximum atomic E-state index is 11.9. The Labute approximate surface area is 108 Å². The molecule has 2 N–H and O–H groups in total. The third kappa shape index (κ3) is 3.28. The fraction of sp³-hybridized carbons (Fsp3) is 0.273. The summed E-state index contributed by atoms with van der Waals surface area (Å²) in [6.45, 7) is 0. The SMILES string of the molecule is CNC(C(=O)O)C(=O)N(C)c1ccc(Br)cc1. The van der Waals surface area contributed by atoms with Gasteiger partial charge in [0.25, 0.3) is 5.91 Å². The molecule has 0 aromatic heterocycles. The van der Waals surface area contributed by atoms with Gasteiger partial charge in [0.1, 0.15) is 0 Å². The van der Waals surface area contributed by atoms with Crippen LogP contribution >= 0.6 is 15.9 Å². The topological polar surface area (TPSA) is 69.6 Å². The molecule has 0 aliphatic heterocycles. The summed E-state index contributed by atoms with van der Waals surface area (Å²) in [5, 5.41) is 11.3. The number of carbonyl (C=O) groups excluding carboxylic acids is 1. The minimum absolute atomic E-state index is 0.512. The number of likely N-dealkylation sites (N-methyl/N-ethyl adjacent to an activating group) is 2. The molecule has 1 aromatic carbocycles. The zero-order valence-corrected chi connectivity index (χ0v) is 11.1. The van der Waals surface area contributed by atoms with Crippen molar-refractivity contribution in [2.24, 2.45) is 0 Å². The van der Waals surface area contributed by atoms with Gasteiger partial charge >= 0.3 is 5.97 Å². The van der Waals surface area contributed by atoms with Crippen molar-refractivity contribution in [3.63, 3.8) is 0 Å². The van der Waals surface area contributed by atoms with Crippen LogP contribution in [-0.4, -0.2) is 37.1 Å². The number of carbonyl (C=O) groups is 2. The van der Waals surface area contributed by atoms with Gasteiger partial charge < -0.3 is 10.0 Å². The van der Waals surface area contributed by atoms with Crippen LogP contribution in [0.15, 0.2) is 28.7 Å². The second-order valence-corrected chi connectivity index (χ2v) is 4.35. The molecule has 1 amide bonds. The zero-order valence-electron chi connectivity index (χ0n) is 9.48. The van der Waals surface area contributed by atoms with Crippen molar-refractivity contribution in [2.75, 3.05) is 19.0 Å². The van der Waals surface area contributed by atoms with Gasteiger partial charge in [0.05, 0.1) is 0 Å². The Kier molecular flexibility index (Phi) is 4.65. The second-order valence-electron chi connectivity index (χ2n) is 3.43. The average molecular weight is 301 g/mol. The van der Waals surface area contributed by atoms with Crippen LogP contribution in [0.25, 0.3) is 0 Å². The third-order valence-corrected chi connectivity index (χ3v) is 2.86. The van der Waals surface area contributed by atoms with Gasteiger partial charge in [-0.3, -0.25) is 10.1 Å². The maximum absolute atomic E-state index is 11.9. The normalized spacial score (nSPS) is 11.9. The van der Waals surface area contributed by atoms with Crippen LogP contribution in [-0.2, 0) is 9.59 Å². The number of carboxylic acid groups (broad SMARTS) is 1. The quantitative estimate of drug-likeness (QED) is 0.817. The lowest BCUT2D eigenvalue weighted by atomic mass is 10.2. The highest BCUT2D eigenvalue weighted by Gasteiger charge is 2.27. The summed E-state index contributed by atoms with van der Waals surface area (Å²) in [5.74, 6) is -1.70. The van der Waals surface area contributed by atoms with Gasteiger partial charge in [-0.1, -0.05) is 15.9 Å². The number of carboxylic acids is 1. The molecule has 0 spiro atoms. The summed E-state index contributed by atoms with van der Waals surface area (Å²) in [4.78, 5) is 24.0. The first-order chi connectivity index (χ1) is 7.97. The minimum Gasteiger partial charge on any atom is -0.480 e. The summed E-state index contributed by atoms with van der Waals surface area (Å²) < 4.78 is 0.894. The Morgan fingerprint density at radius 2 is 1.88 bits per heavy atom. The predicted molar refractivity (Wildman–Crippen MR) is 68.0 cm³/mol. The molecule has 0 bridgehead atoms. The maximum Gasteiger partial charge on any atom is 0.330 e. The largest absolute Gasteiger partial charge is 0.480 e. The van der Waals surface area contributed by atoms with Crippen LogP contribution < -0.4 is 10.2 Å². The standard InChI is InChI=1S/C11H13BrN2O3/c1-13-9(11(16)17)10(15)14(2)8-5-3-7(12)4-6-8/h3-6,9,13H,1-2H3,(H,16,17). The number of nitrogens with one attached hydrogen (secondary N) is 1. The molecule has 6 heteroatoms. The monoisotopic (exact) mass is 300 g/mol. The number of halogens is 1. The van der Waals surface area contributed by atoms with Crippen molar-refractivity contribution in [3.8, 4) is 0 Å². The average Bonchev–Trinajstić information content (AvgIpc) is 2.29. The number of rotatable bonds is 4.